The lowest BCUT2D eigenvalue weighted by molar-refractivity contribution is 0.108. The van der Waals surface area contributed by atoms with Gasteiger partial charge in [0.15, 0.2) is 5.52 Å². The summed E-state index contributed by atoms with van der Waals surface area (Å²) in [6.45, 7) is 2.02. The summed E-state index contributed by atoms with van der Waals surface area (Å²) < 4.78 is 0. The van der Waals surface area contributed by atoms with Crippen LogP contribution in [0, 0.1) is 6.92 Å². The number of carbonyl (C=O) groups excluding carboxylic acids is 1. The van der Waals surface area contributed by atoms with E-state index in [1.807, 2.05) is 31.2 Å². The second kappa shape index (κ2) is 4.90. The summed E-state index contributed by atoms with van der Waals surface area (Å²) in [5.41, 5.74) is 3.09. The highest BCUT2D eigenvalue weighted by Gasteiger charge is 2.19. The Morgan fingerprint density at radius 2 is 1.93 bits per heavy atom. The van der Waals surface area contributed by atoms with Crippen LogP contribution in [0.5, 0.6) is 0 Å². The number of hydrogen-bond acceptors (Lipinski definition) is 1. The molecular weight excluding hydrogens is 203 g/mol. The molecule has 80 valence electrons. The fourth-order valence-corrected chi connectivity index (χ4v) is 3.66. The van der Waals surface area contributed by atoms with Gasteiger partial charge < -0.3 is 0 Å². The first-order valence-corrected chi connectivity index (χ1v) is 6.71. The van der Waals surface area contributed by atoms with Gasteiger partial charge in [0.05, 0.1) is 0 Å². The normalized spacial score (nSPS) is 17.7. The van der Waals surface area contributed by atoms with Crippen molar-refractivity contribution in [1.29, 1.82) is 0 Å². The molecule has 1 nitrogen and oxygen atoms in total. The lowest BCUT2D eigenvalue weighted by Crippen LogP contribution is -2.01. The Morgan fingerprint density at radius 1 is 1.27 bits per heavy atom. The van der Waals surface area contributed by atoms with Crippen molar-refractivity contribution in [3.8, 4) is 0 Å². The first-order chi connectivity index (χ1) is 7.27. The van der Waals surface area contributed by atoms with Gasteiger partial charge in [0.25, 0.3) is 0 Å². The van der Waals surface area contributed by atoms with E-state index in [9.17, 15) is 4.79 Å². The molecule has 1 aliphatic rings. The highest BCUT2D eigenvalue weighted by Crippen LogP contribution is 2.36. The van der Waals surface area contributed by atoms with Gasteiger partial charge in [0.1, 0.15) is 0 Å². The zero-order valence-electron chi connectivity index (χ0n) is 9.12. The molecule has 0 aromatic heterocycles. The zero-order valence-corrected chi connectivity index (χ0v) is 10.1. The molecule has 1 fully saturated rings. The maximum absolute atomic E-state index is 12.0. The third-order valence-electron chi connectivity index (χ3n) is 3.08. The van der Waals surface area contributed by atoms with Crippen molar-refractivity contribution >= 4 is 14.1 Å². The highest BCUT2D eigenvalue weighted by atomic mass is 31.1. The van der Waals surface area contributed by atoms with E-state index in [1.54, 1.807) is 0 Å². The number of benzene rings is 1. The van der Waals surface area contributed by atoms with E-state index < -0.39 is 0 Å². The molecule has 0 bridgehead atoms. The molecule has 1 saturated carbocycles. The van der Waals surface area contributed by atoms with Crippen LogP contribution < -0.4 is 0 Å². The number of rotatable bonds is 3. The molecule has 1 aliphatic carbocycles. The summed E-state index contributed by atoms with van der Waals surface area (Å²) in [5, 5.41) is 0. The van der Waals surface area contributed by atoms with Gasteiger partial charge in [0, 0.05) is 5.56 Å². The van der Waals surface area contributed by atoms with Gasteiger partial charge in [0.2, 0.25) is 0 Å². The van der Waals surface area contributed by atoms with Crippen LogP contribution >= 0.6 is 8.58 Å². The van der Waals surface area contributed by atoms with Crippen molar-refractivity contribution in [2.24, 2.45) is 0 Å². The van der Waals surface area contributed by atoms with Crippen LogP contribution in [0.1, 0.15) is 41.6 Å². The van der Waals surface area contributed by atoms with E-state index in [0.29, 0.717) is 19.8 Å². The van der Waals surface area contributed by atoms with E-state index in [2.05, 4.69) is 0 Å². The average molecular weight is 220 g/mol. The molecule has 0 aliphatic heterocycles. The Morgan fingerprint density at radius 3 is 2.60 bits per heavy atom. The van der Waals surface area contributed by atoms with Gasteiger partial charge in [-0.1, -0.05) is 37.1 Å². The molecule has 0 N–H and O–H groups in total. The largest absolute Gasteiger partial charge is 0.289 e. The molecule has 1 atom stereocenters. The van der Waals surface area contributed by atoms with E-state index in [4.69, 9.17) is 0 Å². The Hall–Kier alpha value is -0.680. The fraction of sp³-hybridized carbons (Fsp3) is 0.462. The summed E-state index contributed by atoms with van der Waals surface area (Å²) in [4.78, 5) is 12.0. The van der Waals surface area contributed by atoms with Gasteiger partial charge in [-0.25, -0.2) is 0 Å². The van der Waals surface area contributed by atoms with Gasteiger partial charge in [-0.3, -0.25) is 4.79 Å². The minimum atomic E-state index is 0.361. The summed E-state index contributed by atoms with van der Waals surface area (Å²) in [6, 6.07) is 7.93. The minimum Gasteiger partial charge on any atom is -0.289 e. The summed E-state index contributed by atoms with van der Waals surface area (Å²) in [6.07, 6.45) is 5.16. The van der Waals surface area contributed by atoms with E-state index in [-0.39, 0.29) is 0 Å². The highest BCUT2D eigenvalue weighted by molar-refractivity contribution is 7.59. The van der Waals surface area contributed by atoms with Crippen molar-refractivity contribution < 1.29 is 4.79 Å². The van der Waals surface area contributed by atoms with Crippen LogP contribution in [-0.2, 0) is 0 Å². The zero-order chi connectivity index (χ0) is 10.7. The topological polar surface area (TPSA) is 17.1 Å². The lowest BCUT2D eigenvalue weighted by atomic mass is 10.1. The minimum absolute atomic E-state index is 0.361. The molecule has 1 aromatic rings. The standard InChI is InChI=1S/C13H17OP/c1-10-6-2-5-9-12(10)13(14)15-11-7-3-4-8-11/h2,5-6,9,11,15H,3-4,7-8H2,1H3. The first kappa shape index (κ1) is 10.8. The third-order valence-corrected chi connectivity index (χ3v) is 4.60. The van der Waals surface area contributed by atoms with Crippen LogP contribution in [0.25, 0.3) is 0 Å². The summed E-state index contributed by atoms with van der Waals surface area (Å²) >= 11 is 0. The Bertz CT molecular complexity index is 353. The van der Waals surface area contributed by atoms with Crippen LogP contribution in [0.4, 0.5) is 0 Å². The summed E-state index contributed by atoms with van der Waals surface area (Å²) in [5.74, 6) is 0. The van der Waals surface area contributed by atoms with E-state index in [1.165, 1.54) is 25.7 Å². The van der Waals surface area contributed by atoms with Crippen LogP contribution in [0.15, 0.2) is 24.3 Å². The van der Waals surface area contributed by atoms with Crippen molar-refractivity contribution in [1.82, 2.24) is 0 Å². The fourth-order valence-electron chi connectivity index (χ4n) is 2.16. The molecular formula is C13H17OP. The van der Waals surface area contributed by atoms with Gasteiger partial charge in [-0.2, -0.15) is 0 Å². The Kier molecular flexibility index (Phi) is 3.53. The molecule has 0 amide bonds. The van der Waals surface area contributed by atoms with Crippen LogP contribution in [0.2, 0.25) is 0 Å². The molecule has 1 unspecified atom stereocenters. The van der Waals surface area contributed by atoms with Crippen molar-refractivity contribution in [3.05, 3.63) is 35.4 Å². The molecule has 0 saturated heterocycles. The predicted molar refractivity (Wildman–Crippen MR) is 66.1 cm³/mol. The average Bonchev–Trinajstić information content (AvgIpc) is 2.71. The van der Waals surface area contributed by atoms with Gasteiger partial charge >= 0.3 is 0 Å². The van der Waals surface area contributed by atoms with Gasteiger partial charge in [-0.05, 0) is 39.6 Å². The maximum atomic E-state index is 12.0. The Balaban J connectivity index is 2.04. The van der Waals surface area contributed by atoms with Crippen molar-refractivity contribution in [2.75, 3.05) is 0 Å². The Labute approximate surface area is 93.1 Å². The quantitative estimate of drug-likeness (QED) is 0.709. The number of hydrogen-bond donors (Lipinski definition) is 0. The SMILES string of the molecule is Cc1ccccc1C(=O)PC1CCCC1. The third kappa shape index (κ3) is 2.66. The number of aryl methyl sites for hydroxylation is 1. The summed E-state index contributed by atoms with van der Waals surface area (Å²) in [7, 11) is 0.495. The molecule has 2 heteroatoms. The molecule has 2 rings (SSSR count). The monoisotopic (exact) mass is 220 g/mol. The molecule has 0 heterocycles. The molecule has 0 spiro atoms. The number of carbonyl (C=O) groups is 1. The van der Waals surface area contributed by atoms with E-state index >= 15 is 0 Å². The first-order valence-electron chi connectivity index (χ1n) is 5.64. The second-order valence-corrected chi connectivity index (χ2v) is 5.83. The van der Waals surface area contributed by atoms with Crippen molar-refractivity contribution in [2.45, 2.75) is 38.3 Å². The van der Waals surface area contributed by atoms with E-state index in [0.717, 1.165) is 11.1 Å². The smallest absolute Gasteiger partial charge is 0.181 e. The maximum Gasteiger partial charge on any atom is 0.181 e. The predicted octanol–water partition coefficient (Wildman–Crippen LogP) is 3.76. The van der Waals surface area contributed by atoms with Gasteiger partial charge in [-0.15, -0.1) is 0 Å². The van der Waals surface area contributed by atoms with Crippen molar-refractivity contribution in [3.63, 3.8) is 0 Å². The molecule has 15 heavy (non-hydrogen) atoms. The lowest BCUT2D eigenvalue weighted by Gasteiger charge is -2.09. The molecule has 1 aromatic carbocycles. The van der Waals surface area contributed by atoms with Crippen LogP contribution in [0.3, 0.4) is 0 Å². The second-order valence-electron chi connectivity index (χ2n) is 4.27. The van der Waals surface area contributed by atoms with Crippen LogP contribution in [-0.4, -0.2) is 11.2 Å². The molecule has 0 radical (unpaired) electrons.